The lowest BCUT2D eigenvalue weighted by molar-refractivity contribution is -0.0380. The Morgan fingerprint density at radius 2 is 0.857 bits per heavy atom. The molecule has 0 aliphatic heterocycles. The van der Waals surface area contributed by atoms with Gasteiger partial charge in [-0.05, 0) is 64.1 Å². The van der Waals surface area contributed by atoms with Gasteiger partial charge in [0.05, 0.1) is 0 Å². The van der Waals surface area contributed by atoms with Crippen molar-refractivity contribution in [1.82, 2.24) is 0 Å². The van der Waals surface area contributed by atoms with Gasteiger partial charge in [0, 0.05) is 4.83 Å². The minimum Gasteiger partial charge on any atom is -0.0893 e. The molecule has 0 rings (SSSR count). The normalized spacial score (nSPS) is 18.3. The van der Waals surface area contributed by atoms with E-state index in [4.69, 9.17) is 0 Å². The minimum atomic E-state index is 0.294. The van der Waals surface area contributed by atoms with Gasteiger partial charge in [-0.25, -0.2) is 0 Å². The zero-order chi connectivity index (χ0) is 22.9. The predicted molar refractivity (Wildman–Crippen MR) is 134 cm³/mol. The number of hydrogen-bond acceptors (Lipinski definition) is 0. The molecule has 3 atom stereocenters. The lowest BCUT2D eigenvalue weighted by Crippen LogP contribution is -2.45. The van der Waals surface area contributed by atoms with Crippen LogP contribution in [0.15, 0.2) is 0 Å². The van der Waals surface area contributed by atoms with Gasteiger partial charge in [0.2, 0.25) is 0 Å². The van der Waals surface area contributed by atoms with Gasteiger partial charge >= 0.3 is 0 Å². The zero-order valence-electron chi connectivity index (χ0n) is 22.3. The standard InChI is InChI=1S/C27H55Br/c1-19(2)23(6,7)16-20(3)26(12,13)24(8,9)17-21(4)27(14,15)25(10,11)18-22(5)28/h19-22H,16-18H2,1-15H3. The van der Waals surface area contributed by atoms with Crippen LogP contribution in [0.1, 0.15) is 123 Å². The van der Waals surface area contributed by atoms with E-state index < -0.39 is 0 Å². The topological polar surface area (TPSA) is 0 Å². The third-order valence-electron chi connectivity index (χ3n) is 9.96. The van der Waals surface area contributed by atoms with Crippen LogP contribution in [-0.2, 0) is 0 Å². The highest BCUT2D eigenvalue weighted by molar-refractivity contribution is 9.09. The Bertz CT molecular complexity index is 476. The summed E-state index contributed by atoms with van der Waals surface area (Å²) in [5.74, 6) is 2.10. The van der Waals surface area contributed by atoms with Crippen LogP contribution < -0.4 is 0 Å². The average molecular weight is 460 g/mol. The summed E-state index contributed by atoms with van der Waals surface area (Å²) in [6.07, 6.45) is 3.79. The number of rotatable bonds is 11. The van der Waals surface area contributed by atoms with Crippen LogP contribution in [0.2, 0.25) is 0 Å². The highest BCUT2D eigenvalue weighted by Gasteiger charge is 2.48. The maximum Gasteiger partial charge on any atom is 0.0122 e. The summed E-state index contributed by atoms with van der Waals surface area (Å²) in [6.45, 7) is 37.0. The highest BCUT2D eigenvalue weighted by Crippen LogP contribution is 2.56. The van der Waals surface area contributed by atoms with E-state index in [-0.39, 0.29) is 0 Å². The molecule has 0 bridgehead atoms. The largest absolute Gasteiger partial charge is 0.0893 e. The fourth-order valence-corrected chi connectivity index (χ4v) is 5.67. The van der Waals surface area contributed by atoms with Crippen LogP contribution in [-0.4, -0.2) is 4.83 Å². The van der Waals surface area contributed by atoms with Crippen molar-refractivity contribution >= 4 is 15.9 Å². The van der Waals surface area contributed by atoms with Crippen LogP contribution in [0.3, 0.4) is 0 Å². The third-order valence-corrected chi connectivity index (χ3v) is 10.3. The number of halogens is 1. The van der Waals surface area contributed by atoms with E-state index >= 15 is 0 Å². The van der Waals surface area contributed by atoms with Crippen molar-refractivity contribution in [3.63, 3.8) is 0 Å². The maximum absolute atomic E-state index is 3.80. The molecule has 0 N–H and O–H groups in total. The summed E-state index contributed by atoms with van der Waals surface area (Å²) in [5, 5.41) is 0. The summed E-state index contributed by atoms with van der Waals surface area (Å²) >= 11 is 3.80. The molecule has 0 aromatic carbocycles. The molecule has 0 aliphatic carbocycles. The van der Waals surface area contributed by atoms with E-state index in [2.05, 4.69) is 120 Å². The molecule has 0 aromatic rings. The lowest BCUT2D eigenvalue weighted by Gasteiger charge is -2.53. The van der Waals surface area contributed by atoms with Crippen molar-refractivity contribution < 1.29 is 0 Å². The molecule has 0 heterocycles. The smallest absolute Gasteiger partial charge is 0.0122 e. The second-order valence-corrected chi connectivity index (χ2v) is 15.1. The molecule has 170 valence electrons. The van der Waals surface area contributed by atoms with Gasteiger partial charge in [-0.3, -0.25) is 0 Å². The van der Waals surface area contributed by atoms with Crippen molar-refractivity contribution in [2.45, 2.75) is 128 Å². The summed E-state index contributed by atoms with van der Waals surface area (Å²) in [7, 11) is 0. The first kappa shape index (κ1) is 28.5. The Hall–Kier alpha value is 0.480. The summed E-state index contributed by atoms with van der Waals surface area (Å²) in [5.41, 5.74) is 1.60. The van der Waals surface area contributed by atoms with Gasteiger partial charge in [0.15, 0.2) is 0 Å². The Kier molecular flexibility index (Phi) is 9.48. The Balaban J connectivity index is 5.53. The number of alkyl halides is 1. The van der Waals surface area contributed by atoms with Gasteiger partial charge in [0.1, 0.15) is 0 Å². The Morgan fingerprint density at radius 3 is 1.18 bits per heavy atom. The van der Waals surface area contributed by atoms with Crippen LogP contribution in [0.4, 0.5) is 0 Å². The van der Waals surface area contributed by atoms with E-state index in [1.54, 1.807) is 0 Å². The Morgan fingerprint density at radius 1 is 0.536 bits per heavy atom. The SMILES string of the molecule is CC(Br)CC(C)(C)C(C)(C)C(C)CC(C)(C)C(C)(C)C(C)CC(C)(C)C(C)C. The van der Waals surface area contributed by atoms with Gasteiger partial charge in [-0.15, -0.1) is 0 Å². The third kappa shape index (κ3) is 6.49. The average Bonchev–Trinajstić information content (AvgIpc) is 2.43. The van der Waals surface area contributed by atoms with Crippen LogP contribution in [0.5, 0.6) is 0 Å². The van der Waals surface area contributed by atoms with E-state index in [1.807, 2.05) is 0 Å². The fourth-order valence-electron chi connectivity index (χ4n) is 4.86. The van der Waals surface area contributed by atoms with Crippen molar-refractivity contribution in [1.29, 1.82) is 0 Å². The molecule has 0 saturated carbocycles. The molecule has 0 saturated heterocycles. The molecular weight excluding hydrogens is 404 g/mol. The molecule has 0 radical (unpaired) electrons. The van der Waals surface area contributed by atoms with E-state index in [0.717, 1.165) is 5.92 Å². The van der Waals surface area contributed by atoms with Crippen LogP contribution in [0.25, 0.3) is 0 Å². The first-order chi connectivity index (χ1) is 12.1. The first-order valence-electron chi connectivity index (χ1n) is 11.8. The predicted octanol–water partition coefficient (Wildman–Crippen LogP) is 10.00. The van der Waals surface area contributed by atoms with Gasteiger partial charge < -0.3 is 0 Å². The van der Waals surface area contributed by atoms with Crippen molar-refractivity contribution in [3.8, 4) is 0 Å². The van der Waals surface area contributed by atoms with Crippen LogP contribution >= 0.6 is 15.9 Å². The quantitative estimate of drug-likeness (QED) is 0.270. The molecule has 0 amide bonds. The van der Waals surface area contributed by atoms with Gasteiger partial charge in [-0.1, -0.05) is 120 Å². The van der Waals surface area contributed by atoms with Crippen molar-refractivity contribution in [2.24, 2.45) is 44.8 Å². The van der Waals surface area contributed by atoms with E-state index in [1.165, 1.54) is 19.3 Å². The van der Waals surface area contributed by atoms with E-state index in [0.29, 0.717) is 43.7 Å². The second-order valence-electron chi connectivity index (χ2n) is 13.5. The number of hydrogen-bond donors (Lipinski definition) is 0. The van der Waals surface area contributed by atoms with E-state index in [9.17, 15) is 0 Å². The molecule has 1 heteroatoms. The molecule has 0 aromatic heterocycles. The molecule has 0 aliphatic rings. The second kappa shape index (κ2) is 9.32. The molecule has 0 fully saturated rings. The molecule has 3 unspecified atom stereocenters. The lowest BCUT2D eigenvalue weighted by atomic mass is 9.52. The van der Waals surface area contributed by atoms with Gasteiger partial charge in [-0.2, -0.15) is 0 Å². The zero-order valence-corrected chi connectivity index (χ0v) is 23.9. The molecular formula is C27H55Br. The van der Waals surface area contributed by atoms with Crippen LogP contribution in [0, 0.1) is 44.8 Å². The fraction of sp³-hybridized carbons (Fsp3) is 1.00. The summed E-state index contributed by atoms with van der Waals surface area (Å²) in [6, 6.07) is 0. The summed E-state index contributed by atoms with van der Waals surface area (Å²) < 4.78 is 0. The van der Waals surface area contributed by atoms with Gasteiger partial charge in [0.25, 0.3) is 0 Å². The first-order valence-corrected chi connectivity index (χ1v) is 12.7. The Labute approximate surface area is 188 Å². The minimum absolute atomic E-state index is 0.294. The molecule has 0 spiro atoms. The highest BCUT2D eigenvalue weighted by atomic mass is 79.9. The monoisotopic (exact) mass is 458 g/mol. The molecule has 0 nitrogen and oxygen atoms in total. The van der Waals surface area contributed by atoms with Crippen molar-refractivity contribution in [3.05, 3.63) is 0 Å². The summed E-state index contributed by atoms with van der Waals surface area (Å²) in [4.78, 5) is 0.566. The maximum atomic E-state index is 3.80. The van der Waals surface area contributed by atoms with Crippen molar-refractivity contribution in [2.75, 3.05) is 0 Å². The molecule has 28 heavy (non-hydrogen) atoms.